The molecule has 0 aromatic rings. The maximum atomic E-state index is 12.6. The summed E-state index contributed by atoms with van der Waals surface area (Å²) in [7, 11) is 0. The number of hydrogen-bond donors (Lipinski definition) is 3. The first-order valence-electron chi connectivity index (χ1n) is 39.9. The second-order valence-electron chi connectivity index (χ2n) is 27.8. The Kier molecular flexibility index (Phi) is 74.8. The van der Waals surface area contributed by atoms with Gasteiger partial charge >= 0.3 is 5.97 Å². The third-order valence-corrected chi connectivity index (χ3v) is 19.1. The van der Waals surface area contributed by atoms with E-state index in [9.17, 15) is 19.8 Å². The Bertz CT molecular complexity index is 1300. The maximum absolute atomic E-state index is 12.6. The molecule has 1 amide bonds. The number of hydrogen-bond acceptors (Lipinski definition) is 5. The van der Waals surface area contributed by atoms with Gasteiger partial charge in [-0.2, -0.15) is 0 Å². The topological polar surface area (TPSA) is 95.9 Å². The van der Waals surface area contributed by atoms with E-state index in [1.54, 1.807) is 0 Å². The lowest BCUT2D eigenvalue weighted by Gasteiger charge is -2.22. The van der Waals surface area contributed by atoms with Crippen LogP contribution in [0.3, 0.4) is 0 Å². The van der Waals surface area contributed by atoms with E-state index in [-0.39, 0.29) is 18.5 Å². The van der Waals surface area contributed by atoms with Gasteiger partial charge in [-0.25, -0.2) is 0 Å². The van der Waals surface area contributed by atoms with Crippen LogP contribution >= 0.6 is 0 Å². The molecule has 2 unspecified atom stereocenters. The zero-order valence-electron chi connectivity index (χ0n) is 58.8. The van der Waals surface area contributed by atoms with Gasteiger partial charge in [0, 0.05) is 12.8 Å². The van der Waals surface area contributed by atoms with E-state index < -0.39 is 12.1 Å². The molecule has 3 N–H and O–H groups in total. The Morgan fingerprint density at radius 1 is 0.314 bits per heavy atom. The number of carbonyl (C=O) groups excluding carboxylic acids is 2. The molecule has 0 radical (unpaired) electrons. The molecule has 0 aromatic heterocycles. The van der Waals surface area contributed by atoms with Crippen molar-refractivity contribution in [3.8, 4) is 0 Å². The highest BCUT2D eigenvalue weighted by atomic mass is 16.5. The summed E-state index contributed by atoms with van der Waals surface area (Å²) in [4.78, 5) is 24.7. The van der Waals surface area contributed by atoms with E-state index in [2.05, 4.69) is 31.3 Å². The number of rotatable bonds is 76. The number of esters is 1. The molecule has 0 fully saturated rings. The fraction of sp³-hybridized carbons (Fsp3) is 0.950. The van der Waals surface area contributed by atoms with Crippen molar-refractivity contribution >= 4 is 11.9 Å². The normalized spacial score (nSPS) is 12.5. The summed E-state index contributed by atoms with van der Waals surface area (Å²) in [5, 5.41) is 23.5. The molecule has 0 aliphatic carbocycles. The lowest BCUT2D eigenvalue weighted by Crippen LogP contribution is -2.45. The van der Waals surface area contributed by atoms with Crippen LogP contribution in [0.4, 0.5) is 0 Å². The first-order valence-corrected chi connectivity index (χ1v) is 39.9. The number of aliphatic hydroxyl groups is 2. The molecule has 2 atom stereocenters. The number of unbranched alkanes of at least 4 members (excludes halogenated alkanes) is 63. The van der Waals surface area contributed by atoms with Gasteiger partial charge in [0.25, 0.3) is 0 Å². The van der Waals surface area contributed by atoms with Gasteiger partial charge in [0.15, 0.2) is 0 Å². The summed E-state index contributed by atoms with van der Waals surface area (Å²) in [6.45, 7) is 5.00. The van der Waals surface area contributed by atoms with Crippen LogP contribution in [-0.2, 0) is 14.3 Å². The van der Waals surface area contributed by atoms with Crippen LogP contribution in [0.25, 0.3) is 0 Å². The quantitative estimate of drug-likeness (QED) is 0.0320. The zero-order chi connectivity index (χ0) is 62.0. The number of aliphatic hydroxyl groups excluding tert-OH is 2. The number of carbonyl (C=O) groups is 2. The standard InChI is InChI=1S/C80H157NO5/c1-3-5-7-9-11-13-15-17-19-20-21-22-23-29-32-35-38-41-45-48-52-56-60-64-68-72-78(83)77(76-82)81-79(84)73-69-65-61-57-53-49-46-42-39-36-33-30-27-25-24-26-28-31-34-37-40-43-47-51-55-59-63-67-71-75-86-80(85)74-70-66-62-58-54-50-44-18-16-14-12-10-8-6-4-2/h18,44,77-78,82-83H,3-17,19-43,45-76H2,1-2H3,(H,81,84)/b44-18-. The number of nitrogens with one attached hydrogen (secondary N) is 1. The van der Waals surface area contributed by atoms with E-state index in [4.69, 9.17) is 4.74 Å². The van der Waals surface area contributed by atoms with Gasteiger partial charge < -0.3 is 20.3 Å². The number of ether oxygens (including phenoxy) is 1. The summed E-state index contributed by atoms with van der Waals surface area (Å²) in [5.41, 5.74) is 0. The second-order valence-corrected chi connectivity index (χ2v) is 27.8. The van der Waals surface area contributed by atoms with Crippen LogP contribution in [0.2, 0.25) is 0 Å². The predicted octanol–water partition coefficient (Wildman–Crippen LogP) is 26.3. The van der Waals surface area contributed by atoms with Crippen molar-refractivity contribution in [3.05, 3.63) is 12.2 Å². The molecule has 86 heavy (non-hydrogen) atoms. The molecule has 0 saturated carbocycles. The number of allylic oxidation sites excluding steroid dienone is 2. The van der Waals surface area contributed by atoms with Crippen LogP contribution in [0.1, 0.15) is 463 Å². The van der Waals surface area contributed by atoms with Gasteiger partial charge in [0.05, 0.1) is 25.4 Å². The van der Waals surface area contributed by atoms with Crippen molar-refractivity contribution in [1.82, 2.24) is 5.32 Å². The Morgan fingerprint density at radius 2 is 0.547 bits per heavy atom. The fourth-order valence-corrected chi connectivity index (χ4v) is 13.0. The maximum Gasteiger partial charge on any atom is 0.305 e. The third kappa shape index (κ3) is 71.7. The predicted molar refractivity (Wildman–Crippen MR) is 380 cm³/mol. The van der Waals surface area contributed by atoms with Gasteiger partial charge in [-0.15, -0.1) is 0 Å². The molecule has 0 aliphatic rings. The monoisotopic (exact) mass is 1210 g/mol. The van der Waals surface area contributed by atoms with E-state index in [0.717, 1.165) is 44.9 Å². The highest BCUT2D eigenvalue weighted by Gasteiger charge is 2.20. The molecule has 0 bridgehead atoms. The zero-order valence-corrected chi connectivity index (χ0v) is 58.8. The highest BCUT2D eigenvalue weighted by molar-refractivity contribution is 5.76. The summed E-state index contributed by atoms with van der Waals surface area (Å²) < 4.78 is 5.50. The average Bonchev–Trinajstić information content (AvgIpc) is 3.54. The third-order valence-electron chi connectivity index (χ3n) is 19.1. The lowest BCUT2D eigenvalue weighted by molar-refractivity contribution is -0.143. The molecular weight excluding hydrogens is 1050 g/mol. The van der Waals surface area contributed by atoms with Crippen molar-refractivity contribution in [2.24, 2.45) is 0 Å². The molecule has 6 heteroatoms. The van der Waals surface area contributed by atoms with E-state index >= 15 is 0 Å². The smallest absolute Gasteiger partial charge is 0.305 e. The molecule has 0 aromatic carbocycles. The Balaban J connectivity index is 3.34. The average molecular weight is 1210 g/mol. The van der Waals surface area contributed by atoms with Crippen LogP contribution < -0.4 is 5.32 Å². The molecule has 512 valence electrons. The molecule has 0 saturated heterocycles. The highest BCUT2D eigenvalue weighted by Crippen LogP contribution is 2.20. The summed E-state index contributed by atoms with van der Waals surface area (Å²) in [6.07, 6.45) is 95.9. The minimum absolute atomic E-state index is 0.0129. The van der Waals surface area contributed by atoms with Gasteiger partial charge in [-0.3, -0.25) is 9.59 Å². The van der Waals surface area contributed by atoms with Crippen molar-refractivity contribution in [2.75, 3.05) is 13.2 Å². The largest absolute Gasteiger partial charge is 0.466 e. The number of amides is 1. The van der Waals surface area contributed by atoms with Crippen molar-refractivity contribution in [2.45, 2.75) is 475 Å². The summed E-state index contributed by atoms with van der Waals surface area (Å²) in [5.74, 6) is -0.0122. The molecule has 0 rings (SSSR count). The van der Waals surface area contributed by atoms with Gasteiger partial charge in [-0.1, -0.05) is 411 Å². The molecular formula is C80H157NO5. The van der Waals surface area contributed by atoms with Crippen LogP contribution in [0.5, 0.6) is 0 Å². The van der Waals surface area contributed by atoms with E-state index in [1.807, 2.05) is 0 Å². The van der Waals surface area contributed by atoms with Crippen LogP contribution in [0.15, 0.2) is 12.2 Å². The van der Waals surface area contributed by atoms with Gasteiger partial charge in [0.2, 0.25) is 5.91 Å². The summed E-state index contributed by atoms with van der Waals surface area (Å²) >= 11 is 0. The fourth-order valence-electron chi connectivity index (χ4n) is 13.0. The first-order chi connectivity index (χ1) is 42.5. The van der Waals surface area contributed by atoms with Crippen molar-refractivity contribution in [1.29, 1.82) is 0 Å². The SMILES string of the molecule is CCCCCCCC/C=C\CCCCCCCC(=O)OCCCCCCCCCCCCCCCCCCCCCCCCCCCCCCCC(=O)NC(CO)C(O)CCCCCCCCCCCCCCCCCCCCCCCCCCC. The van der Waals surface area contributed by atoms with Crippen molar-refractivity contribution < 1.29 is 24.5 Å². The van der Waals surface area contributed by atoms with Crippen LogP contribution in [0, 0.1) is 0 Å². The molecule has 0 heterocycles. The van der Waals surface area contributed by atoms with Crippen LogP contribution in [-0.4, -0.2) is 47.4 Å². The van der Waals surface area contributed by atoms with E-state index in [0.29, 0.717) is 25.9 Å². The van der Waals surface area contributed by atoms with Gasteiger partial charge in [0.1, 0.15) is 0 Å². The Morgan fingerprint density at radius 3 is 0.826 bits per heavy atom. The van der Waals surface area contributed by atoms with Crippen molar-refractivity contribution in [3.63, 3.8) is 0 Å². The molecule has 0 spiro atoms. The lowest BCUT2D eigenvalue weighted by atomic mass is 10.0. The minimum atomic E-state index is -0.663. The molecule has 6 nitrogen and oxygen atoms in total. The second kappa shape index (κ2) is 76.1. The first kappa shape index (κ1) is 84.6. The van der Waals surface area contributed by atoms with E-state index in [1.165, 1.54) is 385 Å². The Labute approximate surface area is 539 Å². The molecule has 0 aliphatic heterocycles. The summed E-state index contributed by atoms with van der Waals surface area (Å²) in [6, 6.07) is -0.540. The minimum Gasteiger partial charge on any atom is -0.466 e. The Hall–Kier alpha value is -1.40. The van der Waals surface area contributed by atoms with Gasteiger partial charge in [-0.05, 0) is 51.4 Å².